The van der Waals surface area contributed by atoms with Gasteiger partial charge in [-0.25, -0.2) is 0 Å². The van der Waals surface area contributed by atoms with Crippen molar-refractivity contribution in [1.29, 1.82) is 0 Å². The van der Waals surface area contributed by atoms with Crippen molar-refractivity contribution in [2.75, 3.05) is 0 Å². The molecule has 0 fully saturated rings. The third-order valence-corrected chi connectivity index (χ3v) is 3.04. The Morgan fingerprint density at radius 2 is 1.59 bits per heavy atom. The number of halogens is 2. The van der Waals surface area contributed by atoms with Crippen molar-refractivity contribution in [1.82, 2.24) is 0 Å². The molecule has 0 saturated carbocycles. The van der Waals surface area contributed by atoms with Crippen LogP contribution in [-0.4, -0.2) is 10.5 Å². The first kappa shape index (κ1) is 14.2. The summed E-state index contributed by atoms with van der Waals surface area (Å²) in [6.45, 7) is 2.09. The van der Waals surface area contributed by atoms with Crippen LogP contribution in [0.25, 0.3) is 0 Å². The molecule has 1 aromatic rings. The summed E-state index contributed by atoms with van der Waals surface area (Å²) < 4.78 is 0. The maximum Gasteiger partial charge on any atom is 0.252 e. The normalized spacial score (nSPS) is 10.3. The molecule has 0 radical (unpaired) electrons. The minimum atomic E-state index is -0.545. The third kappa shape index (κ3) is 3.83. The molecule has 1 rings (SSSR count). The number of rotatable bonds is 6. The summed E-state index contributed by atoms with van der Waals surface area (Å²) in [5, 5.41) is -1.09. The SMILES string of the molecule is CCCCCc1c(C(=O)Cl)cccc1C(=O)Cl. The van der Waals surface area contributed by atoms with Gasteiger partial charge in [0.25, 0.3) is 10.5 Å². The second-order valence-electron chi connectivity index (χ2n) is 3.84. The summed E-state index contributed by atoms with van der Waals surface area (Å²) in [6.07, 6.45) is 3.67. The van der Waals surface area contributed by atoms with Crippen LogP contribution in [0.15, 0.2) is 18.2 Å². The number of hydrogen-bond acceptors (Lipinski definition) is 2. The van der Waals surface area contributed by atoms with Gasteiger partial charge in [0.2, 0.25) is 0 Å². The van der Waals surface area contributed by atoms with Gasteiger partial charge in [0.1, 0.15) is 0 Å². The van der Waals surface area contributed by atoms with Crippen molar-refractivity contribution in [3.05, 3.63) is 34.9 Å². The molecule has 92 valence electrons. The van der Waals surface area contributed by atoms with E-state index < -0.39 is 10.5 Å². The molecule has 0 aliphatic carbocycles. The van der Waals surface area contributed by atoms with E-state index in [1.54, 1.807) is 18.2 Å². The average molecular weight is 273 g/mol. The number of benzene rings is 1. The zero-order chi connectivity index (χ0) is 12.8. The third-order valence-electron chi connectivity index (χ3n) is 2.63. The smallest absolute Gasteiger partial charge is 0.252 e. The van der Waals surface area contributed by atoms with E-state index in [0.29, 0.717) is 23.1 Å². The van der Waals surface area contributed by atoms with Crippen molar-refractivity contribution in [3.8, 4) is 0 Å². The first-order valence-electron chi connectivity index (χ1n) is 5.59. The summed E-state index contributed by atoms with van der Waals surface area (Å²) in [7, 11) is 0. The largest absolute Gasteiger partial charge is 0.276 e. The van der Waals surface area contributed by atoms with Crippen LogP contribution in [0.2, 0.25) is 0 Å². The Balaban J connectivity index is 3.10. The van der Waals surface area contributed by atoms with Gasteiger partial charge in [-0.2, -0.15) is 0 Å². The molecular weight excluding hydrogens is 259 g/mol. The van der Waals surface area contributed by atoms with Crippen LogP contribution in [0.5, 0.6) is 0 Å². The lowest BCUT2D eigenvalue weighted by Gasteiger charge is -2.09. The second-order valence-corrected chi connectivity index (χ2v) is 4.52. The summed E-state index contributed by atoms with van der Waals surface area (Å²) >= 11 is 11.0. The van der Waals surface area contributed by atoms with Crippen LogP contribution in [0.4, 0.5) is 0 Å². The Kier molecular flexibility index (Phi) is 5.66. The maximum absolute atomic E-state index is 11.3. The molecule has 0 atom stereocenters. The Morgan fingerprint density at radius 1 is 1.06 bits per heavy atom. The van der Waals surface area contributed by atoms with Crippen molar-refractivity contribution < 1.29 is 9.59 Å². The van der Waals surface area contributed by atoms with Gasteiger partial charge in [-0.1, -0.05) is 25.8 Å². The van der Waals surface area contributed by atoms with Crippen LogP contribution in [-0.2, 0) is 6.42 Å². The molecular formula is C13H14Cl2O2. The van der Waals surface area contributed by atoms with Gasteiger partial charge in [-0.3, -0.25) is 9.59 Å². The van der Waals surface area contributed by atoms with Crippen molar-refractivity contribution in [3.63, 3.8) is 0 Å². The van der Waals surface area contributed by atoms with Crippen molar-refractivity contribution >= 4 is 33.7 Å². The molecule has 0 saturated heterocycles. The molecule has 0 unspecified atom stereocenters. The fraction of sp³-hybridized carbons (Fsp3) is 0.385. The minimum absolute atomic E-state index is 0.384. The number of carbonyl (C=O) groups is 2. The standard InChI is InChI=1S/C13H14Cl2O2/c1-2-3-4-6-9-10(12(14)16)7-5-8-11(9)13(15)17/h5,7-8H,2-4,6H2,1H3. The highest BCUT2D eigenvalue weighted by Gasteiger charge is 2.16. The molecule has 17 heavy (non-hydrogen) atoms. The Labute approximate surface area is 111 Å². The van der Waals surface area contributed by atoms with Crippen LogP contribution in [0, 0.1) is 0 Å². The predicted octanol–water partition coefficient (Wildman–Crippen LogP) is 4.18. The Bertz CT molecular complexity index is 395. The first-order valence-corrected chi connectivity index (χ1v) is 6.35. The number of carbonyl (C=O) groups excluding carboxylic acids is 2. The highest BCUT2D eigenvalue weighted by atomic mass is 35.5. The molecule has 4 heteroatoms. The average Bonchev–Trinajstić information content (AvgIpc) is 2.28. The van der Waals surface area contributed by atoms with E-state index in [9.17, 15) is 9.59 Å². The van der Waals surface area contributed by atoms with Crippen LogP contribution in [0.3, 0.4) is 0 Å². The lowest BCUT2D eigenvalue weighted by molar-refractivity contribution is 0.108. The van der Waals surface area contributed by atoms with Gasteiger partial charge >= 0.3 is 0 Å². The Hall–Kier alpha value is -0.860. The van der Waals surface area contributed by atoms with Crippen molar-refractivity contribution in [2.45, 2.75) is 32.6 Å². The van der Waals surface area contributed by atoms with Gasteiger partial charge in [-0.15, -0.1) is 0 Å². The maximum atomic E-state index is 11.3. The van der Waals surface area contributed by atoms with E-state index >= 15 is 0 Å². The zero-order valence-electron chi connectivity index (χ0n) is 9.63. The van der Waals surface area contributed by atoms with E-state index in [-0.39, 0.29) is 0 Å². The van der Waals surface area contributed by atoms with Gasteiger partial charge in [0.15, 0.2) is 0 Å². The zero-order valence-corrected chi connectivity index (χ0v) is 11.1. The minimum Gasteiger partial charge on any atom is -0.276 e. The Morgan fingerprint density at radius 3 is 2.00 bits per heavy atom. The number of unbranched alkanes of at least 4 members (excludes halogenated alkanes) is 2. The van der Waals surface area contributed by atoms with Gasteiger partial charge in [-0.05, 0) is 53.7 Å². The summed E-state index contributed by atoms with van der Waals surface area (Å²) in [5.74, 6) is 0. The number of hydrogen-bond donors (Lipinski definition) is 0. The first-order chi connectivity index (χ1) is 8.07. The fourth-order valence-electron chi connectivity index (χ4n) is 1.78. The molecule has 1 aromatic carbocycles. The monoisotopic (exact) mass is 272 g/mol. The van der Waals surface area contributed by atoms with Crippen LogP contribution in [0.1, 0.15) is 52.5 Å². The fourth-order valence-corrected chi connectivity index (χ4v) is 2.13. The van der Waals surface area contributed by atoms with E-state index in [2.05, 4.69) is 6.92 Å². The molecule has 0 aromatic heterocycles. The van der Waals surface area contributed by atoms with Crippen LogP contribution >= 0.6 is 23.2 Å². The van der Waals surface area contributed by atoms with Gasteiger partial charge < -0.3 is 0 Å². The second kappa shape index (κ2) is 6.77. The highest BCUT2D eigenvalue weighted by molar-refractivity contribution is 6.69. The lowest BCUT2D eigenvalue weighted by atomic mass is 9.97. The molecule has 0 bridgehead atoms. The predicted molar refractivity (Wildman–Crippen MR) is 70.0 cm³/mol. The van der Waals surface area contributed by atoms with E-state index in [1.165, 1.54) is 0 Å². The van der Waals surface area contributed by atoms with Crippen molar-refractivity contribution in [2.24, 2.45) is 0 Å². The van der Waals surface area contributed by atoms with Gasteiger partial charge in [0, 0.05) is 11.1 Å². The molecule has 0 N–H and O–H groups in total. The topological polar surface area (TPSA) is 34.1 Å². The molecule has 0 aliphatic rings. The quantitative estimate of drug-likeness (QED) is 0.575. The lowest BCUT2D eigenvalue weighted by Crippen LogP contribution is -2.05. The highest BCUT2D eigenvalue weighted by Crippen LogP contribution is 2.21. The summed E-state index contributed by atoms with van der Waals surface area (Å²) in [4.78, 5) is 22.6. The van der Waals surface area contributed by atoms with Gasteiger partial charge in [0.05, 0.1) is 0 Å². The molecule has 0 aliphatic heterocycles. The molecule has 0 amide bonds. The molecule has 0 heterocycles. The van der Waals surface area contributed by atoms with E-state index in [4.69, 9.17) is 23.2 Å². The summed E-state index contributed by atoms with van der Waals surface area (Å²) in [6, 6.07) is 4.87. The van der Waals surface area contributed by atoms with Crippen LogP contribution < -0.4 is 0 Å². The molecule has 0 spiro atoms. The van der Waals surface area contributed by atoms with E-state index in [1.807, 2.05) is 0 Å². The molecule has 2 nitrogen and oxygen atoms in total. The van der Waals surface area contributed by atoms with E-state index in [0.717, 1.165) is 19.3 Å². The summed E-state index contributed by atoms with van der Waals surface area (Å²) in [5.41, 5.74) is 1.43.